The Kier molecular flexibility index (Phi) is 13.8. The molecule has 0 aliphatic carbocycles. The van der Waals surface area contributed by atoms with E-state index in [1.54, 1.807) is 0 Å². The first-order chi connectivity index (χ1) is 8.81. The summed E-state index contributed by atoms with van der Waals surface area (Å²) in [6.07, 6.45) is 0.400. The van der Waals surface area contributed by atoms with E-state index in [1.165, 1.54) is 0 Å². The van der Waals surface area contributed by atoms with Crippen molar-refractivity contribution in [3.8, 4) is 0 Å². The second kappa shape index (κ2) is 14.3. The molecule has 0 atom stereocenters. The van der Waals surface area contributed by atoms with Gasteiger partial charge < -0.3 is 32.7 Å². The smallest absolute Gasteiger partial charge is 0.221 e. The SMILES string of the molecule is NCCNCCNCCNCCNC(=O)CCN. The van der Waals surface area contributed by atoms with E-state index in [9.17, 15) is 4.79 Å². The summed E-state index contributed by atoms with van der Waals surface area (Å²) in [5, 5.41) is 12.5. The fourth-order valence-corrected chi connectivity index (χ4v) is 1.34. The van der Waals surface area contributed by atoms with Crippen molar-refractivity contribution in [1.29, 1.82) is 0 Å². The second-order valence-electron chi connectivity index (χ2n) is 3.93. The number of carbonyl (C=O) groups is 1. The first-order valence-corrected chi connectivity index (χ1v) is 6.60. The quantitative estimate of drug-likeness (QED) is 0.199. The molecule has 0 spiro atoms. The van der Waals surface area contributed by atoms with E-state index in [4.69, 9.17) is 11.5 Å². The van der Waals surface area contributed by atoms with Crippen LogP contribution in [0.2, 0.25) is 0 Å². The van der Waals surface area contributed by atoms with E-state index < -0.39 is 0 Å². The maximum Gasteiger partial charge on any atom is 0.221 e. The molecule has 8 N–H and O–H groups in total. The average Bonchev–Trinajstić information content (AvgIpc) is 2.36. The Morgan fingerprint density at radius 1 is 0.722 bits per heavy atom. The molecule has 0 bridgehead atoms. The molecule has 0 saturated heterocycles. The van der Waals surface area contributed by atoms with E-state index >= 15 is 0 Å². The number of carbonyl (C=O) groups excluding carboxylic acids is 1. The molecule has 0 saturated carbocycles. The predicted octanol–water partition coefficient (Wildman–Crippen LogP) is -2.82. The molecule has 0 aromatic rings. The first-order valence-electron chi connectivity index (χ1n) is 6.60. The standard InChI is InChI=1S/C11H28N6O/c12-2-1-11(18)17-10-9-16-8-7-15-6-5-14-4-3-13/h14-16H,1-10,12-13H2,(H,17,18). The van der Waals surface area contributed by atoms with Gasteiger partial charge in [0, 0.05) is 65.3 Å². The van der Waals surface area contributed by atoms with Crippen LogP contribution in [0.3, 0.4) is 0 Å². The Bertz CT molecular complexity index is 190. The van der Waals surface area contributed by atoms with Crippen molar-refractivity contribution in [3.05, 3.63) is 0 Å². The zero-order chi connectivity index (χ0) is 13.5. The van der Waals surface area contributed by atoms with Gasteiger partial charge in [-0.15, -0.1) is 0 Å². The van der Waals surface area contributed by atoms with Crippen LogP contribution in [0.4, 0.5) is 0 Å². The lowest BCUT2D eigenvalue weighted by Crippen LogP contribution is -2.37. The van der Waals surface area contributed by atoms with Crippen LogP contribution in [0.1, 0.15) is 6.42 Å². The summed E-state index contributed by atoms with van der Waals surface area (Å²) in [4.78, 5) is 11.1. The van der Waals surface area contributed by atoms with Crippen LogP contribution in [0.15, 0.2) is 0 Å². The lowest BCUT2D eigenvalue weighted by molar-refractivity contribution is -0.120. The summed E-state index contributed by atoms with van der Waals surface area (Å²) in [5.41, 5.74) is 10.6. The molecule has 0 fully saturated rings. The molecule has 0 unspecified atom stereocenters. The summed E-state index contributed by atoms with van der Waals surface area (Å²) < 4.78 is 0. The Hall–Kier alpha value is -0.730. The fraction of sp³-hybridized carbons (Fsp3) is 0.909. The molecule has 1 amide bonds. The van der Waals surface area contributed by atoms with E-state index in [2.05, 4.69) is 21.3 Å². The number of nitrogens with two attached hydrogens (primary N) is 2. The van der Waals surface area contributed by atoms with Gasteiger partial charge in [-0.25, -0.2) is 0 Å². The molecule has 108 valence electrons. The van der Waals surface area contributed by atoms with Gasteiger partial charge in [0.1, 0.15) is 0 Å². The molecule has 18 heavy (non-hydrogen) atoms. The molecule has 0 aromatic carbocycles. The Morgan fingerprint density at radius 2 is 1.22 bits per heavy atom. The van der Waals surface area contributed by atoms with Crippen LogP contribution in [0.5, 0.6) is 0 Å². The maximum absolute atomic E-state index is 11.1. The number of rotatable bonds is 13. The van der Waals surface area contributed by atoms with Gasteiger partial charge in [0.15, 0.2) is 0 Å². The number of hydrogen-bond acceptors (Lipinski definition) is 6. The summed E-state index contributed by atoms with van der Waals surface area (Å²) in [6.45, 7) is 7.06. The molecule has 0 aromatic heterocycles. The van der Waals surface area contributed by atoms with Crippen LogP contribution in [0.25, 0.3) is 0 Å². The molecule has 0 aliphatic heterocycles. The molecule has 0 heterocycles. The minimum absolute atomic E-state index is 0.0170. The minimum Gasteiger partial charge on any atom is -0.355 e. The van der Waals surface area contributed by atoms with Gasteiger partial charge in [-0.3, -0.25) is 4.79 Å². The van der Waals surface area contributed by atoms with Crippen molar-refractivity contribution in [2.24, 2.45) is 11.5 Å². The van der Waals surface area contributed by atoms with Crippen molar-refractivity contribution >= 4 is 5.91 Å². The zero-order valence-corrected chi connectivity index (χ0v) is 11.1. The van der Waals surface area contributed by atoms with Crippen LogP contribution in [0, 0.1) is 0 Å². The fourth-order valence-electron chi connectivity index (χ4n) is 1.34. The summed E-state index contributed by atoms with van der Waals surface area (Å²) in [5.74, 6) is 0.0170. The normalized spacial score (nSPS) is 10.6. The largest absolute Gasteiger partial charge is 0.355 e. The third-order valence-electron chi connectivity index (χ3n) is 2.27. The van der Waals surface area contributed by atoms with Crippen LogP contribution in [-0.4, -0.2) is 64.8 Å². The molecule has 7 heteroatoms. The van der Waals surface area contributed by atoms with Gasteiger partial charge in [0.25, 0.3) is 0 Å². The number of nitrogens with one attached hydrogen (secondary N) is 4. The van der Waals surface area contributed by atoms with Gasteiger partial charge >= 0.3 is 0 Å². The molecule has 0 rings (SSSR count). The van der Waals surface area contributed by atoms with E-state index in [0.717, 1.165) is 39.3 Å². The summed E-state index contributed by atoms with van der Waals surface area (Å²) in [7, 11) is 0. The van der Waals surface area contributed by atoms with Gasteiger partial charge in [-0.2, -0.15) is 0 Å². The Labute approximate surface area is 109 Å². The van der Waals surface area contributed by atoms with E-state index in [1.807, 2.05) is 0 Å². The summed E-state index contributed by atoms with van der Waals surface area (Å²) in [6, 6.07) is 0. The van der Waals surface area contributed by atoms with Crippen molar-refractivity contribution in [2.75, 3.05) is 58.9 Å². The van der Waals surface area contributed by atoms with Crippen molar-refractivity contribution in [1.82, 2.24) is 21.3 Å². The highest BCUT2D eigenvalue weighted by Gasteiger charge is 1.96. The van der Waals surface area contributed by atoms with Crippen molar-refractivity contribution < 1.29 is 4.79 Å². The van der Waals surface area contributed by atoms with Gasteiger partial charge in [0.2, 0.25) is 5.91 Å². The van der Waals surface area contributed by atoms with Crippen molar-refractivity contribution in [2.45, 2.75) is 6.42 Å². The Balaban J connectivity index is 3.01. The summed E-state index contributed by atoms with van der Waals surface area (Å²) >= 11 is 0. The molecule has 7 nitrogen and oxygen atoms in total. The minimum atomic E-state index is 0.0170. The third-order valence-corrected chi connectivity index (χ3v) is 2.27. The van der Waals surface area contributed by atoms with E-state index in [0.29, 0.717) is 26.1 Å². The van der Waals surface area contributed by atoms with Gasteiger partial charge in [-0.05, 0) is 0 Å². The van der Waals surface area contributed by atoms with Crippen LogP contribution < -0.4 is 32.7 Å². The zero-order valence-electron chi connectivity index (χ0n) is 11.1. The average molecular weight is 260 g/mol. The first kappa shape index (κ1) is 17.3. The lowest BCUT2D eigenvalue weighted by Gasteiger charge is -2.08. The topological polar surface area (TPSA) is 117 Å². The van der Waals surface area contributed by atoms with Crippen LogP contribution in [-0.2, 0) is 4.79 Å². The molecular weight excluding hydrogens is 232 g/mol. The molecule has 0 aliphatic rings. The predicted molar refractivity (Wildman–Crippen MR) is 74.3 cm³/mol. The highest BCUT2D eigenvalue weighted by atomic mass is 16.1. The van der Waals surface area contributed by atoms with Crippen LogP contribution >= 0.6 is 0 Å². The van der Waals surface area contributed by atoms with E-state index in [-0.39, 0.29) is 5.91 Å². The number of amides is 1. The Morgan fingerprint density at radius 3 is 1.72 bits per heavy atom. The lowest BCUT2D eigenvalue weighted by atomic mass is 10.4. The van der Waals surface area contributed by atoms with Gasteiger partial charge in [0.05, 0.1) is 0 Å². The highest BCUT2D eigenvalue weighted by molar-refractivity contribution is 5.75. The monoisotopic (exact) mass is 260 g/mol. The molecule has 0 radical (unpaired) electrons. The third kappa shape index (κ3) is 13.3. The number of hydrogen-bond donors (Lipinski definition) is 6. The maximum atomic E-state index is 11.1. The van der Waals surface area contributed by atoms with Crippen molar-refractivity contribution in [3.63, 3.8) is 0 Å². The molecular formula is C11H28N6O. The second-order valence-corrected chi connectivity index (χ2v) is 3.93. The van der Waals surface area contributed by atoms with Gasteiger partial charge in [-0.1, -0.05) is 0 Å². The highest BCUT2D eigenvalue weighted by Crippen LogP contribution is 1.72.